The van der Waals surface area contributed by atoms with Gasteiger partial charge in [0.15, 0.2) is 0 Å². The molecule has 0 bridgehead atoms. The predicted octanol–water partition coefficient (Wildman–Crippen LogP) is 11.4. The number of ether oxygens (including phenoxy) is 4. The van der Waals surface area contributed by atoms with Crippen molar-refractivity contribution in [1.29, 1.82) is 0 Å². The second-order valence-corrected chi connectivity index (χ2v) is 19.2. The summed E-state index contributed by atoms with van der Waals surface area (Å²) < 4.78 is 103. The van der Waals surface area contributed by atoms with Crippen LogP contribution in [0.2, 0.25) is 0 Å². The summed E-state index contributed by atoms with van der Waals surface area (Å²) >= 11 is 0. The molecule has 0 spiro atoms. The molecule has 8 aromatic carbocycles. The predicted molar refractivity (Wildman–Crippen MR) is 228 cm³/mol. The van der Waals surface area contributed by atoms with Crippen LogP contribution in [0.1, 0.15) is 0 Å². The summed E-state index contributed by atoms with van der Waals surface area (Å²) in [5.74, 6) is 3.68. The van der Waals surface area contributed by atoms with E-state index < -0.39 is 29.5 Å². The van der Waals surface area contributed by atoms with Crippen molar-refractivity contribution in [2.45, 2.75) is 29.4 Å². The van der Waals surface area contributed by atoms with Crippen LogP contribution in [-0.2, 0) is 29.5 Å². The molecule has 0 atom stereocenters. The van der Waals surface area contributed by atoms with E-state index in [9.17, 15) is 25.3 Å². The summed E-state index contributed by atoms with van der Waals surface area (Å²) in [4.78, 5) is 0.430. The van der Waals surface area contributed by atoms with E-state index in [0.717, 1.165) is 0 Å². The fourth-order valence-corrected chi connectivity index (χ4v) is 9.83. The molecule has 10 nitrogen and oxygen atoms in total. The van der Waals surface area contributed by atoms with E-state index in [-0.39, 0.29) is 29.4 Å². The Morgan fingerprint density at radius 1 is 0.197 bits per heavy atom. The zero-order chi connectivity index (χ0) is 42.5. The van der Waals surface area contributed by atoms with Crippen LogP contribution >= 0.6 is 0 Å². The molecule has 0 heterocycles. The maximum absolute atomic E-state index is 13.5. The molecule has 0 aliphatic rings. The standard InChI is InChI=1S/C48H34O10S3/c49-59(50,43-23-11-37(12-24-43)55-35-7-3-1-4-8-35)45-27-15-39(16-28-45)57-41-19-31-47(32-20-41)61(53,54)48-33-21-42(22-34-48)58-40-17-29-46(30-18-40)60(51,52)44-25-13-38(14-26-44)56-36-9-5-2-6-10-36/h1-34H. The van der Waals surface area contributed by atoms with E-state index in [0.29, 0.717) is 46.0 Å². The van der Waals surface area contributed by atoms with Gasteiger partial charge in [-0.1, -0.05) is 36.4 Å². The Hall–Kier alpha value is -7.19. The van der Waals surface area contributed by atoms with E-state index in [1.165, 1.54) is 121 Å². The van der Waals surface area contributed by atoms with E-state index in [1.807, 2.05) is 36.4 Å². The summed E-state index contributed by atoms with van der Waals surface area (Å²) in [6.45, 7) is 0. The van der Waals surface area contributed by atoms with Crippen molar-refractivity contribution >= 4 is 29.5 Å². The van der Waals surface area contributed by atoms with Gasteiger partial charge in [-0.15, -0.1) is 0 Å². The highest BCUT2D eigenvalue weighted by Gasteiger charge is 2.21. The van der Waals surface area contributed by atoms with Crippen molar-refractivity contribution < 1.29 is 44.2 Å². The Morgan fingerprint density at radius 2 is 0.344 bits per heavy atom. The Morgan fingerprint density at radius 3 is 0.508 bits per heavy atom. The SMILES string of the molecule is O=S(=O)(c1ccc(Oc2ccccc2)cc1)c1ccc(Oc2ccc(S(=O)(=O)c3ccc(Oc4ccc(S(=O)(=O)c5ccc(Oc6ccccc6)cc5)cc4)cc3)cc2)cc1. The summed E-state index contributed by atoms with van der Waals surface area (Å²) in [6, 6.07) is 54.2. The van der Waals surface area contributed by atoms with Gasteiger partial charge in [0.05, 0.1) is 29.4 Å². The van der Waals surface area contributed by atoms with Crippen molar-refractivity contribution in [2.24, 2.45) is 0 Å². The maximum Gasteiger partial charge on any atom is 0.206 e. The van der Waals surface area contributed by atoms with Crippen LogP contribution < -0.4 is 18.9 Å². The van der Waals surface area contributed by atoms with Crippen molar-refractivity contribution in [3.8, 4) is 46.0 Å². The third-order valence-electron chi connectivity index (χ3n) is 9.23. The average Bonchev–Trinajstić information content (AvgIpc) is 3.28. The average molecular weight is 867 g/mol. The van der Waals surface area contributed by atoms with Crippen molar-refractivity contribution in [2.75, 3.05) is 0 Å². The molecule has 0 saturated carbocycles. The van der Waals surface area contributed by atoms with E-state index in [1.54, 1.807) is 48.5 Å². The minimum Gasteiger partial charge on any atom is -0.457 e. The molecule has 0 radical (unpaired) electrons. The molecule has 0 saturated heterocycles. The van der Waals surface area contributed by atoms with Crippen molar-refractivity contribution in [3.63, 3.8) is 0 Å². The molecule has 0 aliphatic carbocycles. The minimum absolute atomic E-state index is 0.0327. The first-order valence-electron chi connectivity index (χ1n) is 18.6. The van der Waals surface area contributed by atoms with Crippen molar-refractivity contribution in [3.05, 3.63) is 206 Å². The molecule has 8 aromatic rings. The topological polar surface area (TPSA) is 139 Å². The first-order chi connectivity index (χ1) is 29.4. The van der Waals surface area contributed by atoms with Gasteiger partial charge in [0.1, 0.15) is 46.0 Å². The molecular formula is C48H34O10S3. The maximum atomic E-state index is 13.5. The second-order valence-electron chi connectivity index (χ2n) is 13.4. The van der Waals surface area contributed by atoms with Gasteiger partial charge in [0.25, 0.3) is 0 Å². The van der Waals surface area contributed by atoms with Crippen LogP contribution in [0.4, 0.5) is 0 Å². The van der Waals surface area contributed by atoms with Crippen molar-refractivity contribution in [1.82, 2.24) is 0 Å². The van der Waals surface area contributed by atoms with Gasteiger partial charge >= 0.3 is 0 Å². The molecule has 0 aliphatic heterocycles. The monoisotopic (exact) mass is 866 g/mol. The minimum atomic E-state index is -3.91. The molecule has 0 fully saturated rings. The van der Waals surface area contributed by atoms with Gasteiger partial charge < -0.3 is 18.9 Å². The van der Waals surface area contributed by atoms with Crippen LogP contribution in [0.15, 0.2) is 236 Å². The number of sulfone groups is 3. The van der Waals surface area contributed by atoms with Crippen LogP contribution in [0, 0.1) is 0 Å². The Labute approximate surface area is 353 Å². The molecular weight excluding hydrogens is 833 g/mol. The van der Waals surface area contributed by atoms with Gasteiger partial charge in [-0.05, 0) is 170 Å². The largest absolute Gasteiger partial charge is 0.457 e. The van der Waals surface area contributed by atoms with Gasteiger partial charge in [0.2, 0.25) is 29.5 Å². The summed E-state index contributed by atoms with van der Waals surface area (Å²) in [7, 11) is -11.5. The van der Waals surface area contributed by atoms with Gasteiger partial charge in [-0.2, -0.15) is 0 Å². The first kappa shape index (κ1) is 40.6. The summed E-state index contributed by atoms with van der Waals surface area (Å²) in [6.07, 6.45) is 0. The van der Waals surface area contributed by atoms with Crippen LogP contribution in [0.3, 0.4) is 0 Å². The highest BCUT2D eigenvalue weighted by atomic mass is 32.2. The van der Waals surface area contributed by atoms with E-state index in [2.05, 4.69) is 0 Å². The first-order valence-corrected chi connectivity index (χ1v) is 23.1. The van der Waals surface area contributed by atoms with Gasteiger partial charge in [0, 0.05) is 0 Å². The quantitative estimate of drug-likeness (QED) is 0.104. The number of hydrogen-bond acceptors (Lipinski definition) is 10. The van der Waals surface area contributed by atoms with Crippen LogP contribution in [0.25, 0.3) is 0 Å². The van der Waals surface area contributed by atoms with E-state index >= 15 is 0 Å². The summed E-state index contributed by atoms with van der Waals surface area (Å²) in [5, 5.41) is 0. The zero-order valence-corrected chi connectivity index (χ0v) is 34.4. The molecule has 0 amide bonds. The number of benzene rings is 8. The normalized spacial score (nSPS) is 11.7. The van der Waals surface area contributed by atoms with E-state index in [4.69, 9.17) is 18.9 Å². The number of hydrogen-bond donors (Lipinski definition) is 0. The second kappa shape index (κ2) is 17.2. The molecule has 0 unspecified atom stereocenters. The third kappa shape index (κ3) is 9.34. The lowest BCUT2D eigenvalue weighted by Gasteiger charge is -2.11. The molecule has 304 valence electrons. The molecule has 8 rings (SSSR count). The lowest BCUT2D eigenvalue weighted by Crippen LogP contribution is -2.02. The Kier molecular flexibility index (Phi) is 11.4. The van der Waals surface area contributed by atoms with Gasteiger partial charge in [-0.25, -0.2) is 25.3 Å². The van der Waals surface area contributed by atoms with Gasteiger partial charge in [-0.3, -0.25) is 0 Å². The Balaban J connectivity index is 0.861. The molecule has 61 heavy (non-hydrogen) atoms. The highest BCUT2D eigenvalue weighted by Crippen LogP contribution is 2.32. The number of rotatable bonds is 14. The molecule has 0 aromatic heterocycles. The fourth-order valence-electron chi connectivity index (χ4n) is 6.05. The lowest BCUT2D eigenvalue weighted by atomic mass is 10.3. The smallest absolute Gasteiger partial charge is 0.206 e. The molecule has 13 heteroatoms. The van der Waals surface area contributed by atoms with Crippen LogP contribution in [0.5, 0.6) is 46.0 Å². The summed E-state index contributed by atoms with van der Waals surface area (Å²) in [5.41, 5.74) is 0. The number of para-hydroxylation sites is 2. The Bertz CT molecular complexity index is 2880. The zero-order valence-electron chi connectivity index (χ0n) is 31.9. The third-order valence-corrected chi connectivity index (χ3v) is 14.6. The lowest BCUT2D eigenvalue weighted by molar-refractivity contribution is 0.481. The highest BCUT2D eigenvalue weighted by molar-refractivity contribution is 7.92. The fraction of sp³-hybridized carbons (Fsp3) is 0. The molecule has 0 N–H and O–H groups in total. The van der Waals surface area contributed by atoms with Crippen LogP contribution in [-0.4, -0.2) is 25.3 Å².